The minimum absolute atomic E-state index is 0.0162. The van der Waals surface area contributed by atoms with E-state index >= 15 is 0 Å². The second-order valence-corrected chi connectivity index (χ2v) is 6.43. The molecule has 0 saturated carbocycles. The number of aryl methyl sites for hydroxylation is 1. The van der Waals surface area contributed by atoms with Gasteiger partial charge in [-0.05, 0) is 43.7 Å². The summed E-state index contributed by atoms with van der Waals surface area (Å²) in [4.78, 5) is 24.7. The third-order valence-corrected chi connectivity index (χ3v) is 4.57. The van der Waals surface area contributed by atoms with Crippen molar-refractivity contribution in [3.05, 3.63) is 59.2 Å². The van der Waals surface area contributed by atoms with Gasteiger partial charge in [-0.15, -0.1) is 0 Å². The lowest BCUT2D eigenvalue weighted by atomic mass is 9.83. The third-order valence-electron chi connectivity index (χ3n) is 4.57. The summed E-state index contributed by atoms with van der Waals surface area (Å²) in [6.07, 6.45) is 2.76. The monoisotopic (exact) mass is 328 g/mol. The normalized spacial score (nSPS) is 18.7. The second kappa shape index (κ2) is 7.04. The zero-order valence-corrected chi connectivity index (χ0v) is 14.7. The molecule has 1 aliphatic carbocycles. The summed E-state index contributed by atoms with van der Waals surface area (Å²) in [5.74, 6) is -1.15. The van der Waals surface area contributed by atoms with E-state index in [9.17, 15) is 9.59 Å². The zero-order chi connectivity index (χ0) is 17.9. The zero-order valence-electron chi connectivity index (χ0n) is 14.7. The molecule has 1 unspecified atom stereocenters. The van der Waals surface area contributed by atoms with Gasteiger partial charge in [0.1, 0.15) is 0 Å². The fourth-order valence-corrected chi connectivity index (χ4v) is 3.45. The molecule has 0 bridgehead atoms. The second-order valence-electron chi connectivity index (χ2n) is 6.43. The molecule has 0 aromatic heterocycles. The molecule has 0 fully saturated rings. The number of carbonyl (C=O) groups excluding carboxylic acids is 2. The van der Waals surface area contributed by atoms with Crippen LogP contribution in [0.5, 0.6) is 0 Å². The van der Waals surface area contributed by atoms with Gasteiger partial charge in [-0.1, -0.05) is 48.1 Å². The molecule has 24 heavy (non-hydrogen) atoms. The van der Waals surface area contributed by atoms with Crippen molar-refractivity contribution in [2.45, 2.75) is 26.7 Å². The van der Waals surface area contributed by atoms with E-state index in [1.807, 2.05) is 26.0 Å². The van der Waals surface area contributed by atoms with Crippen molar-refractivity contribution in [2.75, 3.05) is 14.2 Å². The number of ether oxygens (including phenoxy) is 2. The van der Waals surface area contributed by atoms with Crippen LogP contribution >= 0.6 is 0 Å². The van der Waals surface area contributed by atoms with Gasteiger partial charge in [0.15, 0.2) is 5.41 Å². The standard InChI is InChI=1S/C20H24O4/c1-13(2)17-12-20(18(21)23-4,19(22)24-5)11-16(17)10-15-8-6-7-14(3)9-15/h6-9,12,16H,1,10-11H2,2-5H3. The molecule has 1 aromatic rings. The van der Waals surface area contributed by atoms with Gasteiger partial charge in [0.05, 0.1) is 14.2 Å². The quantitative estimate of drug-likeness (QED) is 0.614. The van der Waals surface area contributed by atoms with E-state index < -0.39 is 17.4 Å². The van der Waals surface area contributed by atoms with E-state index in [0.29, 0.717) is 6.42 Å². The van der Waals surface area contributed by atoms with Crippen LogP contribution in [0.4, 0.5) is 0 Å². The van der Waals surface area contributed by atoms with Crippen LogP contribution < -0.4 is 0 Å². The minimum atomic E-state index is -1.38. The molecule has 0 radical (unpaired) electrons. The largest absolute Gasteiger partial charge is 0.468 e. The molecule has 4 nitrogen and oxygen atoms in total. The smallest absolute Gasteiger partial charge is 0.327 e. The Morgan fingerprint density at radius 1 is 1.25 bits per heavy atom. The van der Waals surface area contributed by atoms with Crippen molar-refractivity contribution < 1.29 is 19.1 Å². The Bertz CT molecular complexity index is 683. The molecule has 2 rings (SSSR count). The molecule has 128 valence electrons. The first-order valence-corrected chi connectivity index (χ1v) is 7.95. The first-order chi connectivity index (χ1) is 11.3. The highest BCUT2D eigenvalue weighted by Crippen LogP contribution is 2.45. The number of hydrogen-bond donors (Lipinski definition) is 0. The number of benzene rings is 1. The fraction of sp³-hybridized carbons (Fsp3) is 0.400. The van der Waals surface area contributed by atoms with Crippen LogP contribution in [0.1, 0.15) is 24.5 Å². The van der Waals surface area contributed by atoms with E-state index in [-0.39, 0.29) is 5.92 Å². The van der Waals surface area contributed by atoms with Crippen LogP contribution in [-0.2, 0) is 25.5 Å². The lowest BCUT2D eigenvalue weighted by Crippen LogP contribution is -2.38. The Morgan fingerprint density at radius 2 is 1.88 bits per heavy atom. The lowest BCUT2D eigenvalue weighted by Gasteiger charge is -2.23. The summed E-state index contributed by atoms with van der Waals surface area (Å²) < 4.78 is 9.78. The first kappa shape index (κ1) is 18.0. The van der Waals surface area contributed by atoms with Gasteiger partial charge < -0.3 is 9.47 Å². The number of methoxy groups -OCH3 is 2. The van der Waals surface area contributed by atoms with Crippen molar-refractivity contribution in [3.8, 4) is 0 Å². The lowest BCUT2D eigenvalue weighted by molar-refractivity contribution is -0.165. The number of hydrogen-bond acceptors (Lipinski definition) is 4. The van der Waals surface area contributed by atoms with Crippen LogP contribution in [0, 0.1) is 18.3 Å². The van der Waals surface area contributed by atoms with E-state index in [1.165, 1.54) is 19.8 Å². The average Bonchev–Trinajstić information content (AvgIpc) is 2.94. The van der Waals surface area contributed by atoms with E-state index in [2.05, 4.69) is 18.7 Å². The predicted octanol–water partition coefficient (Wildman–Crippen LogP) is 3.39. The molecule has 0 saturated heterocycles. The maximum atomic E-state index is 12.4. The Hall–Kier alpha value is -2.36. The number of rotatable bonds is 5. The van der Waals surface area contributed by atoms with Gasteiger partial charge >= 0.3 is 11.9 Å². The number of esters is 2. The maximum Gasteiger partial charge on any atom is 0.327 e. The summed E-state index contributed by atoms with van der Waals surface area (Å²) in [7, 11) is 2.57. The third kappa shape index (κ3) is 3.28. The van der Waals surface area contributed by atoms with Crippen molar-refractivity contribution >= 4 is 11.9 Å². The molecule has 0 aliphatic heterocycles. The summed E-state index contributed by atoms with van der Waals surface area (Å²) in [5.41, 5.74) is 2.73. The first-order valence-electron chi connectivity index (χ1n) is 7.95. The van der Waals surface area contributed by atoms with Gasteiger partial charge in [-0.25, -0.2) is 0 Å². The molecule has 0 spiro atoms. The molecular formula is C20H24O4. The maximum absolute atomic E-state index is 12.4. The molecule has 0 N–H and O–H groups in total. The molecule has 0 amide bonds. The highest BCUT2D eigenvalue weighted by atomic mass is 16.5. The topological polar surface area (TPSA) is 52.6 Å². The summed E-state index contributed by atoms with van der Waals surface area (Å²) in [6, 6.07) is 8.23. The molecule has 1 atom stereocenters. The van der Waals surface area contributed by atoms with Gasteiger partial charge in [0, 0.05) is 0 Å². The van der Waals surface area contributed by atoms with Crippen molar-refractivity contribution in [2.24, 2.45) is 11.3 Å². The van der Waals surface area contributed by atoms with Crippen molar-refractivity contribution in [1.29, 1.82) is 0 Å². The van der Waals surface area contributed by atoms with Gasteiger partial charge in [-0.2, -0.15) is 0 Å². The average molecular weight is 328 g/mol. The predicted molar refractivity (Wildman–Crippen MR) is 92.4 cm³/mol. The highest BCUT2D eigenvalue weighted by Gasteiger charge is 2.52. The van der Waals surface area contributed by atoms with Gasteiger partial charge in [0.25, 0.3) is 0 Å². The number of carbonyl (C=O) groups is 2. The Morgan fingerprint density at radius 3 is 2.38 bits per heavy atom. The van der Waals surface area contributed by atoms with Crippen LogP contribution in [0.3, 0.4) is 0 Å². The van der Waals surface area contributed by atoms with E-state index in [0.717, 1.165) is 23.1 Å². The van der Waals surface area contributed by atoms with Crippen molar-refractivity contribution in [3.63, 3.8) is 0 Å². The Labute approximate surface area is 143 Å². The fourth-order valence-electron chi connectivity index (χ4n) is 3.45. The van der Waals surface area contributed by atoms with E-state index in [4.69, 9.17) is 9.47 Å². The molecule has 1 aromatic carbocycles. The molecule has 4 heteroatoms. The number of allylic oxidation sites excluding steroid dienone is 2. The highest BCUT2D eigenvalue weighted by molar-refractivity contribution is 6.03. The SMILES string of the molecule is C=C(C)C1=CC(C(=O)OC)(C(=O)OC)CC1Cc1cccc(C)c1. The minimum Gasteiger partial charge on any atom is -0.468 e. The Kier molecular flexibility index (Phi) is 5.27. The van der Waals surface area contributed by atoms with Crippen LogP contribution in [0.15, 0.2) is 48.1 Å². The Balaban J connectivity index is 2.40. The van der Waals surface area contributed by atoms with Crippen molar-refractivity contribution in [1.82, 2.24) is 0 Å². The summed E-state index contributed by atoms with van der Waals surface area (Å²) >= 11 is 0. The molecular weight excluding hydrogens is 304 g/mol. The molecule has 0 heterocycles. The summed E-state index contributed by atoms with van der Waals surface area (Å²) in [6.45, 7) is 7.94. The van der Waals surface area contributed by atoms with Crippen LogP contribution in [-0.4, -0.2) is 26.2 Å². The molecule has 1 aliphatic rings. The van der Waals surface area contributed by atoms with Gasteiger partial charge in [-0.3, -0.25) is 9.59 Å². The van der Waals surface area contributed by atoms with Crippen LogP contribution in [0.2, 0.25) is 0 Å². The summed E-state index contributed by atoms with van der Waals surface area (Å²) in [5, 5.41) is 0. The van der Waals surface area contributed by atoms with Crippen LogP contribution in [0.25, 0.3) is 0 Å². The van der Waals surface area contributed by atoms with Gasteiger partial charge in [0.2, 0.25) is 0 Å². The van der Waals surface area contributed by atoms with E-state index in [1.54, 1.807) is 6.08 Å².